The average molecular weight is 841 g/mol. The first kappa shape index (κ1) is 41.6. The Morgan fingerprint density at radius 1 is 0.660 bits per heavy atom. The van der Waals surface area contributed by atoms with E-state index in [-0.39, 0.29) is 112 Å². The smallest absolute Gasteiger partial charge is 0.657 e. The maximum absolute atomic E-state index is 11.4. The number of aliphatic carboxylic acids is 2. The molecule has 2 N–H and O–H groups in total. The summed E-state index contributed by atoms with van der Waals surface area (Å²) in [5.74, 6) is -2.37. The van der Waals surface area contributed by atoms with E-state index in [1.54, 1.807) is 32.0 Å². The predicted octanol–water partition coefficient (Wildman–Crippen LogP) is -3.82. The van der Waals surface area contributed by atoms with Crippen LogP contribution in [0.15, 0.2) is 24.3 Å². The SMILES string of the molecule is CC1=C(C(C)O)c2cc3nc(cc4[n-]c(cc5[n-]c(cc1n2)c(C)c5CCC(=O)[O-])c(CCC(=O)[O-])c4C)C(C(C)O)=C3C.[Hg+2].[Na+].[Na+]. The van der Waals surface area contributed by atoms with E-state index in [9.17, 15) is 30.0 Å². The van der Waals surface area contributed by atoms with Crippen LogP contribution in [0.2, 0.25) is 0 Å². The van der Waals surface area contributed by atoms with Crippen LogP contribution in [0.4, 0.5) is 0 Å². The number of aliphatic hydroxyl groups is 2. The second-order valence-corrected chi connectivity index (χ2v) is 11.5. The molecule has 0 aromatic carbocycles. The summed E-state index contributed by atoms with van der Waals surface area (Å²) in [4.78, 5) is 42.3. The largest absolute Gasteiger partial charge is 2.00 e. The molecule has 0 saturated heterocycles. The van der Waals surface area contributed by atoms with Gasteiger partial charge in [0.2, 0.25) is 0 Å². The van der Waals surface area contributed by atoms with Crippen LogP contribution in [0, 0.1) is 13.8 Å². The second-order valence-electron chi connectivity index (χ2n) is 11.5. The standard InChI is InChI=1S/C34H38N4O6.Hg.2Na/c1-15-21(7-9-31(41)42)27-14-28-22(8-10-32(43)44)16(2)24(36-28)12-29-34(20(6)40)18(4)26(38-29)13-30-33(19(5)39)17(3)25(37-30)11-23(15)35-27;;;/h11-14,19-20,39-40H,7-10H2,1-6H3,(H4,35,36,37,38,41,42,43,44);;;/q;+2;2*+1/p-4. The molecule has 13 heteroatoms. The number of fused-ring (bicyclic) bond motifs is 8. The van der Waals surface area contributed by atoms with Crippen LogP contribution in [0.3, 0.4) is 0 Å². The first-order valence-electron chi connectivity index (χ1n) is 14.6. The first-order chi connectivity index (χ1) is 20.8. The van der Waals surface area contributed by atoms with Gasteiger partial charge in [0.05, 0.1) is 35.0 Å². The fourth-order valence-corrected chi connectivity index (χ4v) is 6.14. The van der Waals surface area contributed by atoms with Crippen LogP contribution < -0.4 is 79.3 Å². The number of rotatable bonds is 8. The number of nitrogens with zero attached hydrogens (tertiary/aromatic N) is 4. The molecule has 2 atom stereocenters. The van der Waals surface area contributed by atoms with E-state index < -0.39 is 24.1 Å². The van der Waals surface area contributed by atoms with Gasteiger partial charge in [-0.05, 0) is 84.4 Å². The molecule has 0 aliphatic carbocycles. The third-order valence-corrected chi connectivity index (χ3v) is 8.47. The van der Waals surface area contributed by atoms with Crippen molar-refractivity contribution in [1.82, 2.24) is 19.9 Å². The summed E-state index contributed by atoms with van der Waals surface area (Å²) in [7, 11) is 0. The molecule has 3 aromatic rings. The number of carbonyl (C=O) groups is 2. The molecule has 2 unspecified atom stereocenters. The molecule has 5 rings (SSSR count). The van der Waals surface area contributed by atoms with E-state index in [2.05, 4.69) is 0 Å². The van der Waals surface area contributed by atoms with Crippen LogP contribution >= 0.6 is 0 Å². The van der Waals surface area contributed by atoms with E-state index in [1.807, 2.05) is 33.8 Å². The van der Waals surface area contributed by atoms with Crippen molar-refractivity contribution >= 4 is 56.3 Å². The quantitative estimate of drug-likeness (QED) is 0.214. The maximum atomic E-state index is 11.4. The van der Waals surface area contributed by atoms with Crippen molar-refractivity contribution < 1.29 is 117 Å². The molecule has 47 heavy (non-hydrogen) atoms. The van der Waals surface area contributed by atoms with Crippen molar-refractivity contribution in [2.75, 3.05) is 0 Å². The topological polar surface area (TPSA) is 175 Å². The molecule has 10 nitrogen and oxygen atoms in total. The van der Waals surface area contributed by atoms with Gasteiger partial charge < -0.3 is 40.0 Å². The number of carboxylic acids is 2. The minimum absolute atomic E-state index is 0. The van der Waals surface area contributed by atoms with E-state index in [0.29, 0.717) is 67.1 Å². The summed E-state index contributed by atoms with van der Waals surface area (Å²) in [5.41, 5.74) is 10.2. The summed E-state index contributed by atoms with van der Waals surface area (Å²) in [6, 6.07) is 7.15. The van der Waals surface area contributed by atoms with Crippen LogP contribution in [0.25, 0.3) is 44.4 Å². The minimum Gasteiger partial charge on any atom is -0.657 e. The number of carboxylic acid groups (broad SMARTS) is 2. The Bertz CT molecular complexity index is 1940. The van der Waals surface area contributed by atoms with Crippen LogP contribution in [-0.4, -0.2) is 44.3 Å². The summed E-state index contributed by atoms with van der Waals surface area (Å²) >= 11 is 0. The molecule has 0 radical (unpaired) electrons. The molecular formula is C34H34HgN4Na2O6. The van der Waals surface area contributed by atoms with E-state index in [4.69, 9.17) is 19.9 Å². The van der Waals surface area contributed by atoms with Crippen molar-refractivity contribution in [3.8, 4) is 0 Å². The number of hydrogen-bond donors (Lipinski definition) is 2. The Morgan fingerprint density at radius 2 is 1.02 bits per heavy atom. The average Bonchev–Trinajstić information content (AvgIpc) is 3.59. The number of aryl methyl sites for hydroxylation is 4. The molecule has 2 aliphatic heterocycles. The zero-order valence-corrected chi connectivity index (χ0v) is 37.8. The van der Waals surface area contributed by atoms with Crippen LogP contribution in [0.5, 0.6) is 0 Å². The monoisotopic (exact) mass is 842 g/mol. The van der Waals surface area contributed by atoms with Crippen LogP contribution in [0.1, 0.15) is 85.6 Å². The zero-order chi connectivity index (χ0) is 32.0. The second kappa shape index (κ2) is 16.9. The van der Waals surface area contributed by atoms with E-state index in [0.717, 1.165) is 22.3 Å². The molecular weight excluding hydrogens is 807 g/mol. The third kappa shape index (κ3) is 8.59. The molecule has 0 saturated carbocycles. The van der Waals surface area contributed by atoms with Gasteiger partial charge in [-0.15, -0.1) is 22.1 Å². The van der Waals surface area contributed by atoms with Gasteiger partial charge in [-0.1, -0.05) is 40.5 Å². The van der Waals surface area contributed by atoms with Gasteiger partial charge in [0.15, 0.2) is 0 Å². The van der Waals surface area contributed by atoms with Gasteiger partial charge in [-0.2, -0.15) is 0 Å². The summed E-state index contributed by atoms with van der Waals surface area (Å²) in [6.45, 7) is 10.8. The predicted molar refractivity (Wildman–Crippen MR) is 163 cm³/mol. The van der Waals surface area contributed by atoms with Crippen molar-refractivity contribution in [1.29, 1.82) is 0 Å². The summed E-state index contributed by atoms with van der Waals surface area (Å²) < 4.78 is 0. The number of aliphatic hydroxyl groups excluding tert-OH is 2. The maximum Gasteiger partial charge on any atom is 2.00 e. The zero-order valence-electron chi connectivity index (χ0n) is 28.3. The van der Waals surface area contributed by atoms with Gasteiger partial charge in [-0.25, -0.2) is 9.97 Å². The molecule has 0 amide bonds. The summed E-state index contributed by atoms with van der Waals surface area (Å²) in [5, 5.41) is 44.3. The first-order valence-corrected chi connectivity index (χ1v) is 14.6. The van der Waals surface area contributed by atoms with Gasteiger partial charge >= 0.3 is 86.8 Å². The van der Waals surface area contributed by atoms with Gasteiger partial charge in [0, 0.05) is 23.1 Å². The van der Waals surface area contributed by atoms with Gasteiger partial charge in [0.1, 0.15) is 0 Å². The number of aromatic nitrogens is 4. The fourth-order valence-electron chi connectivity index (χ4n) is 6.14. The fraction of sp³-hybridized carbons (Fsp3) is 0.353. The van der Waals surface area contributed by atoms with Crippen LogP contribution in [-0.2, 0) is 50.1 Å². The van der Waals surface area contributed by atoms with Crippen molar-refractivity contribution in [2.45, 2.75) is 79.4 Å². The number of hydrogen-bond acceptors (Lipinski definition) is 8. The minimum atomic E-state index is -1.19. The normalized spacial score (nSPS) is 13.8. The van der Waals surface area contributed by atoms with Crippen molar-refractivity contribution in [3.05, 3.63) is 69.3 Å². The molecule has 5 heterocycles. The number of allylic oxidation sites excluding steroid dienone is 2. The number of carbonyl (C=O) groups excluding carboxylic acids is 2. The Kier molecular flexibility index (Phi) is 14.9. The summed E-state index contributed by atoms with van der Waals surface area (Å²) in [6.07, 6.45) is -1.73. The molecule has 0 fully saturated rings. The van der Waals surface area contributed by atoms with Gasteiger partial charge in [-0.3, -0.25) is 0 Å². The Hall–Kier alpha value is -1.60. The molecule has 8 bridgehead atoms. The van der Waals surface area contributed by atoms with Crippen molar-refractivity contribution in [2.24, 2.45) is 0 Å². The van der Waals surface area contributed by atoms with E-state index >= 15 is 0 Å². The Morgan fingerprint density at radius 3 is 1.40 bits per heavy atom. The molecule has 3 aromatic heterocycles. The molecule has 0 spiro atoms. The van der Waals surface area contributed by atoms with Crippen molar-refractivity contribution in [3.63, 3.8) is 0 Å². The Balaban J connectivity index is 0.00000256. The van der Waals surface area contributed by atoms with Gasteiger partial charge in [0.25, 0.3) is 0 Å². The van der Waals surface area contributed by atoms with E-state index in [1.165, 1.54) is 0 Å². The molecule has 2 aliphatic rings. The molecule has 230 valence electrons. The third-order valence-electron chi connectivity index (χ3n) is 8.47. The Labute approximate surface area is 338 Å².